The van der Waals surface area contributed by atoms with Crippen LogP contribution in [0.2, 0.25) is 0 Å². The molecule has 1 saturated heterocycles. The van der Waals surface area contributed by atoms with Gasteiger partial charge in [0.25, 0.3) is 5.91 Å². The second kappa shape index (κ2) is 6.75. The van der Waals surface area contributed by atoms with E-state index >= 15 is 0 Å². The van der Waals surface area contributed by atoms with Gasteiger partial charge < -0.3 is 14.4 Å². The van der Waals surface area contributed by atoms with Gasteiger partial charge in [0.2, 0.25) is 0 Å². The van der Waals surface area contributed by atoms with Gasteiger partial charge in [0.05, 0.1) is 13.2 Å². The molecule has 1 heterocycles. The molecule has 0 aromatic heterocycles. The molecule has 1 unspecified atom stereocenters. The lowest BCUT2D eigenvalue weighted by molar-refractivity contribution is -0.142. The Bertz CT molecular complexity index is 436. The third-order valence-electron chi connectivity index (χ3n) is 3.53. The largest absolute Gasteiger partial charge is 0.481 e. The van der Waals surface area contributed by atoms with Crippen LogP contribution in [0.15, 0.2) is 24.3 Å². The molecule has 1 aromatic carbocycles. The van der Waals surface area contributed by atoms with Gasteiger partial charge in [-0.25, -0.2) is 0 Å². The Morgan fingerprint density at radius 1 is 1.15 bits per heavy atom. The number of benzene rings is 1. The first-order valence-corrected chi connectivity index (χ1v) is 7.21. The molecule has 20 heavy (non-hydrogen) atoms. The SMILES string of the molecule is CC(Oc1ccc(C(C)C)cc1)C(=O)N1CCOCC1. The maximum atomic E-state index is 12.2. The van der Waals surface area contributed by atoms with Gasteiger partial charge in [0, 0.05) is 13.1 Å². The summed E-state index contributed by atoms with van der Waals surface area (Å²) in [6, 6.07) is 7.95. The first-order chi connectivity index (χ1) is 9.58. The number of morpholine rings is 1. The second-order valence-electron chi connectivity index (χ2n) is 5.42. The number of hydrogen-bond acceptors (Lipinski definition) is 3. The number of carbonyl (C=O) groups excluding carboxylic acids is 1. The topological polar surface area (TPSA) is 38.8 Å². The number of hydrogen-bond donors (Lipinski definition) is 0. The number of nitrogens with zero attached hydrogens (tertiary/aromatic N) is 1. The Balaban J connectivity index is 1.92. The highest BCUT2D eigenvalue weighted by Gasteiger charge is 2.23. The van der Waals surface area contributed by atoms with E-state index in [9.17, 15) is 4.79 Å². The van der Waals surface area contributed by atoms with E-state index in [1.807, 2.05) is 24.3 Å². The maximum absolute atomic E-state index is 12.2. The molecular weight excluding hydrogens is 254 g/mol. The molecule has 110 valence electrons. The van der Waals surface area contributed by atoms with Crippen LogP contribution >= 0.6 is 0 Å². The lowest BCUT2D eigenvalue weighted by atomic mass is 10.0. The average molecular weight is 277 g/mol. The molecule has 0 N–H and O–H groups in total. The molecule has 1 amide bonds. The first-order valence-electron chi connectivity index (χ1n) is 7.21. The molecule has 0 saturated carbocycles. The zero-order valence-corrected chi connectivity index (χ0v) is 12.5. The van der Waals surface area contributed by atoms with Gasteiger partial charge in [0.1, 0.15) is 5.75 Å². The fourth-order valence-electron chi connectivity index (χ4n) is 2.23. The van der Waals surface area contributed by atoms with Crippen molar-refractivity contribution in [3.63, 3.8) is 0 Å². The molecule has 4 heteroatoms. The van der Waals surface area contributed by atoms with Crippen molar-refractivity contribution in [2.24, 2.45) is 0 Å². The Hall–Kier alpha value is -1.55. The highest BCUT2D eigenvalue weighted by Crippen LogP contribution is 2.19. The smallest absolute Gasteiger partial charge is 0.263 e. The zero-order valence-electron chi connectivity index (χ0n) is 12.5. The van der Waals surface area contributed by atoms with E-state index in [1.165, 1.54) is 5.56 Å². The molecule has 2 rings (SSSR count). The fraction of sp³-hybridized carbons (Fsp3) is 0.562. The van der Waals surface area contributed by atoms with E-state index in [0.29, 0.717) is 32.2 Å². The van der Waals surface area contributed by atoms with Crippen LogP contribution in [0, 0.1) is 0 Å². The normalized spacial score (nSPS) is 17.1. The maximum Gasteiger partial charge on any atom is 0.263 e. The van der Waals surface area contributed by atoms with E-state index < -0.39 is 6.10 Å². The van der Waals surface area contributed by atoms with E-state index in [2.05, 4.69) is 13.8 Å². The molecule has 1 atom stereocenters. The van der Waals surface area contributed by atoms with Crippen molar-refractivity contribution in [3.05, 3.63) is 29.8 Å². The molecular formula is C16H23NO3. The molecule has 1 aliphatic rings. The van der Waals surface area contributed by atoms with E-state index in [1.54, 1.807) is 11.8 Å². The zero-order chi connectivity index (χ0) is 14.5. The Morgan fingerprint density at radius 3 is 2.30 bits per heavy atom. The minimum absolute atomic E-state index is 0.0289. The summed E-state index contributed by atoms with van der Waals surface area (Å²) in [5, 5.41) is 0. The lowest BCUT2D eigenvalue weighted by Crippen LogP contribution is -2.46. The molecule has 0 radical (unpaired) electrons. The van der Waals surface area contributed by atoms with Gasteiger partial charge in [-0.3, -0.25) is 4.79 Å². The van der Waals surface area contributed by atoms with Crippen molar-refractivity contribution < 1.29 is 14.3 Å². The van der Waals surface area contributed by atoms with Gasteiger partial charge >= 0.3 is 0 Å². The first kappa shape index (κ1) is 14.9. The van der Waals surface area contributed by atoms with Gasteiger partial charge in [0.15, 0.2) is 6.10 Å². The third-order valence-corrected chi connectivity index (χ3v) is 3.53. The van der Waals surface area contributed by atoms with E-state index in [0.717, 1.165) is 5.75 Å². The van der Waals surface area contributed by atoms with Crippen molar-refractivity contribution >= 4 is 5.91 Å². The van der Waals surface area contributed by atoms with Crippen LogP contribution < -0.4 is 4.74 Å². The monoisotopic (exact) mass is 277 g/mol. The van der Waals surface area contributed by atoms with Crippen LogP contribution in [0.1, 0.15) is 32.3 Å². The van der Waals surface area contributed by atoms with Crippen molar-refractivity contribution in [3.8, 4) is 5.75 Å². The molecule has 1 fully saturated rings. The van der Waals surface area contributed by atoms with Gasteiger partial charge in [-0.1, -0.05) is 26.0 Å². The van der Waals surface area contributed by atoms with Crippen molar-refractivity contribution in [2.45, 2.75) is 32.8 Å². The minimum Gasteiger partial charge on any atom is -0.481 e. The third kappa shape index (κ3) is 3.73. The molecule has 1 aromatic rings. The van der Waals surface area contributed by atoms with Crippen LogP contribution in [-0.2, 0) is 9.53 Å². The summed E-state index contributed by atoms with van der Waals surface area (Å²) in [6.07, 6.45) is -0.460. The Labute approximate surface area is 120 Å². The Kier molecular flexibility index (Phi) is 5.01. The highest BCUT2D eigenvalue weighted by atomic mass is 16.5. The number of carbonyl (C=O) groups is 1. The summed E-state index contributed by atoms with van der Waals surface area (Å²) < 4.78 is 11.0. The standard InChI is InChI=1S/C16H23NO3/c1-12(2)14-4-6-15(7-5-14)20-13(3)16(18)17-8-10-19-11-9-17/h4-7,12-13H,8-11H2,1-3H3. The summed E-state index contributed by atoms with van der Waals surface area (Å²) in [6.45, 7) is 8.63. The van der Waals surface area contributed by atoms with Gasteiger partial charge in [-0.15, -0.1) is 0 Å². The summed E-state index contributed by atoms with van der Waals surface area (Å²) in [4.78, 5) is 14.0. The quantitative estimate of drug-likeness (QED) is 0.848. The number of rotatable bonds is 4. The summed E-state index contributed by atoms with van der Waals surface area (Å²) in [7, 11) is 0. The molecule has 1 aliphatic heterocycles. The lowest BCUT2D eigenvalue weighted by Gasteiger charge is -2.29. The molecule has 0 spiro atoms. The number of amides is 1. The number of ether oxygens (including phenoxy) is 2. The average Bonchev–Trinajstić information content (AvgIpc) is 2.48. The van der Waals surface area contributed by atoms with Crippen LogP contribution in [-0.4, -0.2) is 43.2 Å². The minimum atomic E-state index is -0.460. The van der Waals surface area contributed by atoms with Crippen molar-refractivity contribution in [2.75, 3.05) is 26.3 Å². The summed E-state index contributed by atoms with van der Waals surface area (Å²) in [5.74, 6) is 1.27. The van der Waals surface area contributed by atoms with Crippen LogP contribution in [0.4, 0.5) is 0 Å². The molecule has 4 nitrogen and oxygen atoms in total. The van der Waals surface area contributed by atoms with Crippen molar-refractivity contribution in [1.29, 1.82) is 0 Å². The highest BCUT2D eigenvalue weighted by molar-refractivity contribution is 5.81. The molecule has 0 bridgehead atoms. The second-order valence-corrected chi connectivity index (χ2v) is 5.42. The van der Waals surface area contributed by atoms with Crippen LogP contribution in [0.25, 0.3) is 0 Å². The fourth-order valence-corrected chi connectivity index (χ4v) is 2.23. The molecule has 0 aliphatic carbocycles. The van der Waals surface area contributed by atoms with Gasteiger partial charge in [-0.05, 0) is 30.5 Å². The predicted octanol–water partition coefficient (Wildman–Crippen LogP) is 2.44. The van der Waals surface area contributed by atoms with Gasteiger partial charge in [-0.2, -0.15) is 0 Å². The van der Waals surface area contributed by atoms with Crippen LogP contribution in [0.3, 0.4) is 0 Å². The summed E-state index contributed by atoms with van der Waals surface area (Å²) >= 11 is 0. The van der Waals surface area contributed by atoms with Crippen molar-refractivity contribution in [1.82, 2.24) is 4.90 Å². The Morgan fingerprint density at radius 2 is 1.75 bits per heavy atom. The van der Waals surface area contributed by atoms with Crippen LogP contribution in [0.5, 0.6) is 5.75 Å². The summed E-state index contributed by atoms with van der Waals surface area (Å²) in [5.41, 5.74) is 1.27. The predicted molar refractivity (Wildman–Crippen MR) is 78.0 cm³/mol. The van der Waals surface area contributed by atoms with E-state index in [-0.39, 0.29) is 5.91 Å². The van der Waals surface area contributed by atoms with E-state index in [4.69, 9.17) is 9.47 Å².